The summed E-state index contributed by atoms with van der Waals surface area (Å²) in [6.07, 6.45) is -3.33. The molecule has 2 atom stereocenters. The van der Waals surface area contributed by atoms with Crippen LogP contribution in [0.5, 0.6) is 0 Å². The number of esters is 2. The van der Waals surface area contributed by atoms with Crippen LogP contribution in [0.4, 0.5) is 13.2 Å². The van der Waals surface area contributed by atoms with Gasteiger partial charge in [-0.15, -0.1) is 0 Å². The van der Waals surface area contributed by atoms with Gasteiger partial charge in [0.05, 0.1) is 24.0 Å². The molecule has 1 aliphatic heterocycles. The van der Waals surface area contributed by atoms with E-state index in [0.29, 0.717) is 29.6 Å². The van der Waals surface area contributed by atoms with Crippen LogP contribution in [0.2, 0.25) is 0 Å². The largest absolute Gasteiger partial charge is 0.463 e. The van der Waals surface area contributed by atoms with Gasteiger partial charge in [-0.05, 0) is 56.9 Å². The van der Waals surface area contributed by atoms with E-state index >= 15 is 0 Å². The zero-order valence-corrected chi connectivity index (χ0v) is 16.3. The third kappa shape index (κ3) is 4.16. The molecule has 0 bridgehead atoms. The molecule has 0 spiro atoms. The Morgan fingerprint density at radius 2 is 2.03 bits per heavy atom. The summed E-state index contributed by atoms with van der Waals surface area (Å²) in [6.45, 7) is 5.01. The molecule has 0 saturated heterocycles. The zero-order valence-electron chi connectivity index (χ0n) is 16.3. The first-order valence-electron chi connectivity index (χ1n) is 9.24. The number of cyclic esters (lactones) is 1. The van der Waals surface area contributed by atoms with E-state index in [2.05, 4.69) is 0 Å². The first-order chi connectivity index (χ1) is 13.6. The number of ether oxygens (including phenoxy) is 3. The minimum Gasteiger partial charge on any atom is -0.463 e. The minimum absolute atomic E-state index is 0.0957. The fraction of sp³-hybridized carbons (Fsp3) is 0.429. The van der Waals surface area contributed by atoms with Gasteiger partial charge >= 0.3 is 18.1 Å². The molecule has 5 nitrogen and oxygen atoms in total. The second-order valence-corrected chi connectivity index (χ2v) is 6.98. The van der Waals surface area contributed by atoms with Crippen LogP contribution in [0.25, 0.3) is 0 Å². The Morgan fingerprint density at radius 1 is 1.31 bits per heavy atom. The van der Waals surface area contributed by atoms with Crippen molar-refractivity contribution in [3.8, 4) is 0 Å². The van der Waals surface area contributed by atoms with E-state index < -0.39 is 35.9 Å². The van der Waals surface area contributed by atoms with Crippen molar-refractivity contribution in [3.05, 3.63) is 57.9 Å². The molecule has 1 aromatic rings. The van der Waals surface area contributed by atoms with Crippen molar-refractivity contribution in [2.24, 2.45) is 0 Å². The van der Waals surface area contributed by atoms with Gasteiger partial charge in [0, 0.05) is 17.1 Å². The Hall–Kier alpha value is -2.77. The Labute approximate surface area is 166 Å². The number of halogens is 3. The second kappa shape index (κ2) is 7.93. The highest BCUT2D eigenvalue weighted by Gasteiger charge is 2.36. The lowest BCUT2D eigenvalue weighted by Crippen LogP contribution is -2.17. The molecular weight excluding hydrogens is 389 g/mol. The molecule has 0 fully saturated rings. The molecule has 156 valence electrons. The molecule has 0 saturated carbocycles. The van der Waals surface area contributed by atoms with Crippen LogP contribution >= 0.6 is 0 Å². The Bertz CT molecular complexity index is 898. The Balaban J connectivity index is 1.94. The summed E-state index contributed by atoms with van der Waals surface area (Å²) in [4.78, 5) is 24.2. The molecule has 3 rings (SSSR count). The van der Waals surface area contributed by atoms with E-state index in [9.17, 15) is 22.8 Å². The summed E-state index contributed by atoms with van der Waals surface area (Å²) in [5.41, 5.74) is 1.49. The second-order valence-electron chi connectivity index (χ2n) is 6.98. The van der Waals surface area contributed by atoms with Gasteiger partial charge in [0.15, 0.2) is 0 Å². The van der Waals surface area contributed by atoms with Crippen molar-refractivity contribution in [1.29, 1.82) is 0 Å². The fourth-order valence-corrected chi connectivity index (χ4v) is 3.47. The highest BCUT2D eigenvalue weighted by atomic mass is 19.4. The quantitative estimate of drug-likeness (QED) is 0.409. The standard InChI is InChI=1S/C21H21F3O5/c1-4-27-19(26)17(10-28-20-12(3)11(2)18(25)29-20)15-8-6-13-5-7-14(9-16(13)15)21(22,23)24/h5,7,9-10,15,20H,4,6,8H2,1-3H3/b17-10+. The SMILES string of the molecule is CCOC(=O)/C(=C/OC1OC(=O)C(C)=C1C)C1CCc2ccc(C(F)(F)F)cc21. The molecular formula is C21H21F3O5. The molecule has 8 heteroatoms. The normalized spacial score (nSPS) is 21.9. The predicted octanol–water partition coefficient (Wildman–Crippen LogP) is 4.42. The number of aryl methyl sites for hydroxylation is 1. The molecule has 1 heterocycles. The van der Waals surface area contributed by atoms with E-state index in [1.54, 1.807) is 20.8 Å². The van der Waals surface area contributed by atoms with E-state index in [1.807, 2.05) is 0 Å². The Morgan fingerprint density at radius 3 is 2.62 bits per heavy atom. The number of carbonyl (C=O) groups is 2. The first kappa shape index (κ1) is 21.0. The average molecular weight is 410 g/mol. The van der Waals surface area contributed by atoms with Crippen LogP contribution in [0.3, 0.4) is 0 Å². The molecule has 0 aromatic heterocycles. The van der Waals surface area contributed by atoms with E-state index in [-0.39, 0.29) is 12.2 Å². The lowest BCUT2D eigenvalue weighted by molar-refractivity contribution is -0.153. The summed E-state index contributed by atoms with van der Waals surface area (Å²) >= 11 is 0. The highest BCUT2D eigenvalue weighted by Crippen LogP contribution is 2.42. The van der Waals surface area contributed by atoms with Gasteiger partial charge in [-0.25, -0.2) is 9.59 Å². The van der Waals surface area contributed by atoms with Gasteiger partial charge in [0.2, 0.25) is 0 Å². The smallest absolute Gasteiger partial charge is 0.416 e. The number of benzene rings is 1. The van der Waals surface area contributed by atoms with Crippen molar-refractivity contribution in [3.63, 3.8) is 0 Å². The molecule has 0 amide bonds. The van der Waals surface area contributed by atoms with Gasteiger partial charge in [-0.1, -0.05) is 6.07 Å². The highest BCUT2D eigenvalue weighted by molar-refractivity contribution is 5.91. The summed E-state index contributed by atoms with van der Waals surface area (Å²) in [5, 5.41) is 0. The van der Waals surface area contributed by atoms with E-state index in [4.69, 9.17) is 14.2 Å². The first-order valence-corrected chi connectivity index (χ1v) is 9.24. The zero-order chi connectivity index (χ0) is 21.3. The number of alkyl halides is 3. The molecule has 0 radical (unpaired) electrons. The van der Waals surface area contributed by atoms with Crippen molar-refractivity contribution in [2.45, 2.75) is 52.0 Å². The summed E-state index contributed by atoms with van der Waals surface area (Å²) in [6, 6.07) is 3.56. The van der Waals surface area contributed by atoms with Crippen LogP contribution < -0.4 is 0 Å². The number of rotatable bonds is 5. The van der Waals surface area contributed by atoms with E-state index in [1.165, 1.54) is 6.07 Å². The maximum Gasteiger partial charge on any atom is 0.416 e. The van der Waals surface area contributed by atoms with Gasteiger partial charge in [-0.3, -0.25) is 0 Å². The van der Waals surface area contributed by atoms with Crippen LogP contribution in [0, 0.1) is 0 Å². The molecule has 29 heavy (non-hydrogen) atoms. The number of fused-ring (bicyclic) bond motifs is 1. The van der Waals surface area contributed by atoms with Crippen LogP contribution in [0.15, 0.2) is 41.2 Å². The van der Waals surface area contributed by atoms with Crippen molar-refractivity contribution < 1.29 is 37.0 Å². The third-order valence-electron chi connectivity index (χ3n) is 5.22. The summed E-state index contributed by atoms with van der Waals surface area (Å²) in [7, 11) is 0. The van der Waals surface area contributed by atoms with Crippen molar-refractivity contribution >= 4 is 11.9 Å². The van der Waals surface area contributed by atoms with Gasteiger partial charge < -0.3 is 14.2 Å². The third-order valence-corrected chi connectivity index (χ3v) is 5.22. The minimum atomic E-state index is -4.48. The molecule has 0 N–H and O–H groups in total. The van der Waals surface area contributed by atoms with Crippen LogP contribution in [-0.2, 0) is 36.4 Å². The van der Waals surface area contributed by atoms with Gasteiger partial charge in [0.1, 0.15) is 0 Å². The monoisotopic (exact) mass is 410 g/mol. The van der Waals surface area contributed by atoms with Gasteiger partial charge in [0.25, 0.3) is 6.29 Å². The lowest BCUT2D eigenvalue weighted by atomic mass is 9.92. The predicted molar refractivity (Wildman–Crippen MR) is 96.6 cm³/mol. The van der Waals surface area contributed by atoms with Gasteiger partial charge in [-0.2, -0.15) is 13.2 Å². The molecule has 2 aliphatic rings. The number of carbonyl (C=O) groups excluding carboxylic acids is 2. The summed E-state index contributed by atoms with van der Waals surface area (Å²) < 4.78 is 55.1. The summed E-state index contributed by atoms with van der Waals surface area (Å²) in [5.74, 6) is -1.79. The Kier molecular flexibility index (Phi) is 5.73. The number of hydrogen-bond acceptors (Lipinski definition) is 5. The van der Waals surface area contributed by atoms with Crippen molar-refractivity contribution in [2.75, 3.05) is 6.61 Å². The van der Waals surface area contributed by atoms with Crippen molar-refractivity contribution in [1.82, 2.24) is 0 Å². The molecule has 1 aliphatic carbocycles. The maximum absolute atomic E-state index is 13.1. The van der Waals surface area contributed by atoms with E-state index in [0.717, 1.165) is 24.0 Å². The van der Waals surface area contributed by atoms with Crippen LogP contribution in [-0.4, -0.2) is 24.8 Å². The average Bonchev–Trinajstić information content (AvgIpc) is 3.18. The fourth-order valence-electron chi connectivity index (χ4n) is 3.47. The molecule has 1 aromatic carbocycles. The number of hydrogen-bond donors (Lipinski definition) is 0. The maximum atomic E-state index is 13.1. The topological polar surface area (TPSA) is 61.8 Å². The van der Waals surface area contributed by atoms with Crippen LogP contribution in [0.1, 0.15) is 49.8 Å². The lowest BCUT2D eigenvalue weighted by Gasteiger charge is -2.18. The molecule has 2 unspecified atom stereocenters.